The second kappa shape index (κ2) is 5.78. The molecule has 1 atom stereocenters. The Balaban J connectivity index is 2.50. The fraction of sp³-hybridized carbons (Fsp3) is 0.444. The van der Waals surface area contributed by atoms with E-state index in [2.05, 4.69) is 21.2 Å². The van der Waals surface area contributed by atoms with E-state index in [9.17, 15) is 4.79 Å². The first-order valence-electron chi connectivity index (χ1n) is 4.18. The number of carbonyl (C=O) groups is 1. The van der Waals surface area contributed by atoms with Gasteiger partial charge in [-0.2, -0.15) is 11.8 Å². The van der Waals surface area contributed by atoms with Gasteiger partial charge in [-0.05, 0) is 41.2 Å². The molecule has 14 heavy (non-hydrogen) atoms. The number of nitrogens with one attached hydrogen (secondary N) is 1. The van der Waals surface area contributed by atoms with Crippen LogP contribution in [0.5, 0.6) is 0 Å². The molecule has 0 saturated carbocycles. The summed E-state index contributed by atoms with van der Waals surface area (Å²) in [6.45, 7) is 2.01. The van der Waals surface area contributed by atoms with Crippen molar-refractivity contribution in [2.75, 3.05) is 12.0 Å². The third-order valence-electron chi connectivity index (χ3n) is 1.59. The molecule has 1 aromatic heterocycles. The summed E-state index contributed by atoms with van der Waals surface area (Å²) in [7, 11) is 0. The number of hydrogen-bond donors (Lipinski definition) is 1. The van der Waals surface area contributed by atoms with Gasteiger partial charge in [0.05, 0.1) is 8.66 Å². The summed E-state index contributed by atoms with van der Waals surface area (Å²) in [6.07, 6.45) is 2.03. The molecule has 1 heterocycles. The van der Waals surface area contributed by atoms with Crippen molar-refractivity contribution in [3.8, 4) is 0 Å². The molecule has 0 saturated heterocycles. The number of amides is 1. The minimum atomic E-state index is 0.0160. The van der Waals surface area contributed by atoms with Gasteiger partial charge in [-0.15, -0.1) is 11.3 Å². The maximum absolute atomic E-state index is 11.6. The molecule has 0 aliphatic rings. The highest BCUT2D eigenvalue weighted by atomic mass is 79.9. The van der Waals surface area contributed by atoms with Crippen LogP contribution in [0.4, 0.5) is 0 Å². The van der Waals surface area contributed by atoms with Gasteiger partial charge in [-0.3, -0.25) is 4.79 Å². The highest BCUT2D eigenvalue weighted by Crippen LogP contribution is 2.21. The van der Waals surface area contributed by atoms with Gasteiger partial charge >= 0.3 is 0 Å². The highest BCUT2D eigenvalue weighted by Gasteiger charge is 2.10. The van der Waals surface area contributed by atoms with Crippen LogP contribution in [0.2, 0.25) is 0 Å². The monoisotopic (exact) mass is 293 g/mol. The first-order chi connectivity index (χ1) is 6.63. The van der Waals surface area contributed by atoms with Gasteiger partial charge in [0.15, 0.2) is 0 Å². The molecule has 1 amide bonds. The van der Waals surface area contributed by atoms with E-state index in [1.54, 1.807) is 11.8 Å². The predicted octanol–water partition coefficient (Wildman–Crippen LogP) is 2.99. The summed E-state index contributed by atoms with van der Waals surface area (Å²) in [4.78, 5) is 12.4. The molecule has 0 bridgehead atoms. The van der Waals surface area contributed by atoms with E-state index in [4.69, 9.17) is 0 Å². The molecular formula is C9H12BrNOS2. The van der Waals surface area contributed by atoms with E-state index < -0.39 is 0 Å². The lowest BCUT2D eigenvalue weighted by atomic mass is 10.3. The lowest BCUT2D eigenvalue weighted by Crippen LogP contribution is -2.33. The third-order valence-corrected chi connectivity index (χ3v) is 4.05. The van der Waals surface area contributed by atoms with Gasteiger partial charge in [-0.25, -0.2) is 0 Å². The number of rotatable bonds is 4. The lowest BCUT2D eigenvalue weighted by Gasteiger charge is -2.10. The summed E-state index contributed by atoms with van der Waals surface area (Å²) in [5.41, 5.74) is 0. The average molecular weight is 294 g/mol. The molecule has 1 N–H and O–H groups in total. The van der Waals surface area contributed by atoms with E-state index in [0.29, 0.717) is 0 Å². The Morgan fingerprint density at radius 2 is 2.43 bits per heavy atom. The third kappa shape index (κ3) is 3.63. The Morgan fingerprint density at radius 3 is 2.93 bits per heavy atom. The van der Waals surface area contributed by atoms with Crippen LogP contribution >= 0.6 is 39.0 Å². The molecule has 2 nitrogen and oxygen atoms in total. The number of thiophene rings is 1. The molecule has 1 unspecified atom stereocenters. The fourth-order valence-corrected chi connectivity index (χ4v) is 2.90. The van der Waals surface area contributed by atoms with E-state index in [1.807, 2.05) is 25.3 Å². The summed E-state index contributed by atoms with van der Waals surface area (Å²) in [5.74, 6) is 0.959. The summed E-state index contributed by atoms with van der Waals surface area (Å²) >= 11 is 6.52. The molecule has 78 valence electrons. The highest BCUT2D eigenvalue weighted by molar-refractivity contribution is 9.11. The van der Waals surface area contributed by atoms with Crippen molar-refractivity contribution in [3.05, 3.63) is 20.8 Å². The average Bonchev–Trinajstić information content (AvgIpc) is 2.52. The minimum Gasteiger partial charge on any atom is -0.348 e. The topological polar surface area (TPSA) is 29.1 Å². The van der Waals surface area contributed by atoms with Gasteiger partial charge in [-0.1, -0.05) is 0 Å². The van der Waals surface area contributed by atoms with Crippen LogP contribution in [-0.2, 0) is 0 Å². The molecule has 0 aromatic carbocycles. The van der Waals surface area contributed by atoms with Crippen LogP contribution in [0.3, 0.4) is 0 Å². The van der Waals surface area contributed by atoms with E-state index in [1.165, 1.54) is 11.3 Å². The van der Waals surface area contributed by atoms with Gasteiger partial charge in [0, 0.05) is 11.8 Å². The molecule has 1 aromatic rings. The second-order valence-electron chi connectivity index (χ2n) is 2.93. The van der Waals surface area contributed by atoms with Gasteiger partial charge in [0.25, 0.3) is 5.91 Å². The molecule has 0 radical (unpaired) electrons. The summed E-state index contributed by atoms with van der Waals surface area (Å²) < 4.78 is 0.986. The standard InChI is InChI=1S/C9H12BrNOS2/c1-6(5-13-2)11-9(12)7-3-4-8(10)14-7/h3-4,6H,5H2,1-2H3,(H,11,12). The number of thioether (sulfide) groups is 1. The Kier molecular flexibility index (Phi) is 4.98. The SMILES string of the molecule is CSCC(C)NC(=O)c1ccc(Br)s1. The zero-order valence-electron chi connectivity index (χ0n) is 8.04. The van der Waals surface area contributed by atoms with Crippen LogP contribution in [0, 0.1) is 0 Å². The molecule has 1 rings (SSSR count). The van der Waals surface area contributed by atoms with E-state index in [0.717, 1.165) is 14.4 Å². The number of carbonyl (C=O) groups excluding carboxylic acids is 1. The first kappa shape index (κ1) is 12.1. The van der Waals surface area contributed by atoms with Crippen molar-refractivity contribution in [2.24, 2.45) is 0 Å². The summed E-state index contributed by atoms with van der Waals surface area (Å²) in [6, 6.07) is 3.94. The molecule has 0 spiro atoms. The fourth-order valence-electron chi connectivity index (χ4n) is 1.02. The molecule has 0 fully saturated rings. The minimum absolute atomic E-state index is 0.0160. The Labute approximate surface area is 101 Å². The van der Waals surface area contributed by atoms with Crippen LogP contribution in [-0.4, -0.2) is 24.0 Å². The van der Waals surface area contributed by atoms with Crippen LogP contribution in [0.1, 0.15) is 16.6 Å². The van der Waals surface area contributed by atoms with E-state index >= 15 is 0 Å². The largest absolute Gasteiger partial charge is 0.348 e. The summed E-state index contributed by atoms with van der Waals surface area (Å²) in [5, 5.41) is 2.94. The maximum Gasteiger partial charge on any atom is 0.261 e. The zero-order chi connectivity index (χ0) is 10.6. The zero-order valence-corrected chi connectivity index (χ0v) is 11.3. The maximum atomic E-state index is 11.6. The quantitative estimate of drug-likeness (QED) is 0.925. The molecule has 5 heteroatoms. The van der Waals surface area contributed by atoms with Crippen LogP contribution in [0.15, 0.2) is 15.9 Å². The van der Waals surface area contributed by atoms with Crippen LogP contribution < -0.4 is 5.32 Å². The van der Waals surface area contributed by atoms with Gasteiger partial charge in [0.1, 0.15) is 0 Å². The lowest BCUT2D eigenvalue weighted by molar-refractivity contribution is 0.0948. The van der Waals surface area contributed by atoms with Crippen molar-refractivity contribution in [1.82, 2.24) is 5.32 Å². The van der Waals surface area contributed by atoms with Crippen molar-refractivity contribution in [1.29, 1.82) is 0 Å². The number of hydrogen-bond acceptors (Lipinski definition) is 3. The normalized spacial score (nSPS) is 12.5. The molecule has 0 aliphatic carbocycles. The Morgan fingerprint density at radius 1 is 1.71 bits per heavy atom. The second-order valence-corrected chi connectivity index (χ2v) is 6.31. The molecular weight excluding hydrogens is 282 g/mol. The smallest absolute Gasteiger partial charge is 0.261 e. The van der Waals surface area contributed by atoms with Crippen molar-refractivity contribution >= 4 is 44.9 Å². The number of halogens is 1. The predicted molar refractivity (Wildman–Crippen MR) is 67.3 cm³/mol. The van der Waals surface area contributed by atoms with Crippen molar-refractivity contribution in [3.63, 3.8) is 0 Å². The Hall–Kier alpha value is -0.0000000000000000833. The van der Waals surface area contributed by atoms with Crippen molar-refractivity contribution < 1.29 is 4.79 Å². The van der Waals surface area contributed by atoms with E-state index in [-0.39, 0.29) is 11.9 Å². The van der Waals surface area contributed by atoms with Crippen molar-refractivity contribution in [2.45, 2.75) is 13.0 Å². The first-order valence-corrected chi connectivity index (χ1v) is 7.19. The van der Waals surface area contributed by atoms with Gasteiger partial charge < -0.3 is 5.32 Å². The van der Waals surface area contributed by atoms with Gasteiger partial charge in [0.2, 0.25) is 0 Å². The molecule has 0 aliphatic heterocycles. The van der Waals surface area contributed by atoms with Crippen LogP contribution in [0.25, 0.3) is 0 Å². The Bertz CT molecular complexity index is 314.